The van der Waals surface area contributed by atoms with Crippen molar-refractivity contribution in [1.82, 2.24) is 14.8 Å². The maximum absolute atomic E-state index is 14.2. The third kappa shape index (κ3) is 6.34. The van der Waals surface area contributed by atoms with Crippen LogP contribution in [0.15, 0.2) is 36.5 Å². The Bertz CT molecular complexity index is 1010. The molecule has 1 aromatic carbocycles. The lowest BCUT2D eigenvalue weighted by atomic mass is 10.1. The van der Waals surface area contributed by atoms with Crippen LogP contribution in [0, 0.1) is 12.7 Å². The number of anilines is 2. The zero-order chi connectivity index (χ0) is 24.1. The molecule has 0 bridgehead atoms. The van der Waals surface area contributed by atoms with Crippen LogP contribution in [0.25, 0.3) is 0 Å². The molecule has 10 heteroatoms. The van der Waals surface area contributed by atoms with E-state index in [9.17, 15) is 19.1 Å². The molecule has 1 atom stereocenters. The van der Waals surface area contributed by atoms with Gasteiger partial charge in [-0.25, -0.2) is 14.0 Å². The number of amides is 4. The van der Waals surface area contributed by atoms with Gasteiger partial charge in [0.15, 0.2) is 0 Å². The molecule has 0 radical (unpaired) electrons. The molecule has 2 aromatic rings. The minimum absolute atomic E-state index is 0.0518. The highest BCUT2D eigenvalue weighted by Crippen LogP contribution is 2.25. The fraction of sp³-hybridized carbons (Fsp3) is 0.458. The molecular weight excluding hydrogens is 441 g/mol. The number of aliphatic hydroxyl groups excluding tert-OH is 1. The number of hydrogen-bond acceptors (Lipinski definition) is 5. The summed E-state index contributed by atoms with van der Waals surface area (Å²) in [5.41, 5.74) is 1.60. The van der Waals surface area contributed by atoms with E-state index >= 15 is 0 Å². The summed E-state index contributed by atoms with van der Waals surface area (Å²) >= 11 is 0. The first kappa shape index (κ1) is 23.7. The van der Waals surface area contributed by atoms with E-state index in [1.807, 2.05) is 6.92 Å². The zero-order valence-electron chi connectivity index (χ0n) is 19.2. The summed E-state index contributed by atoms with van der Waals surface area (Å²) in [5.74, 6) is -0.256. The lowest BCUT2D eigenvalue weighted by molar-refractivity contribution is 0.0604. The number of hydrogen-bond donors (Lipinski definition) is 3. The molecule has 2 aliphatic heterocycles. The van der Waals surface area contributed by atoms with E-state index in [0.717, 1.165) is 18.5 Å². The van der Waals surface area contributed by atoms with Crippen molar-refractivity contribution in [2.75, 3.05) is 36.8 Å². The molecule has 1 aromatic heterocycles. The van der Waals surface area contributed by atoms with Crippen molar-refractivity contribution in [3.63, 3.8) is 0 Å². The quantitative estimate of drug-likeness (QED) is 0.632. The standard InChI is InChI=1S/C24H30FN5O4/c1-16-4-5-18(14-26-16)27-23(32)28-19-11-17(25)12-22(13-19)34-21-3-2-8-30(15-21)24(33)29-9-6-20(31)7-10-29/h4-5,11-14,20-21,31H,2-3,6-10,15H2,1H3,(H2,27,28,32). The van der Waals surface area contributed by atoms with Crippen LogP contribution in [0.5, 0.6) is 5.75 Å². The van der Waals surface area contributed by atoms with Crippen LogP contribution in [0.2, 0.25) is 0 Å². The van der Waals surface area contributed by atoms with Crippen molar-refractivity contribution >= 4 is 23.4 Å². The second-order valence-electron chi connectivity index (χ2n) is 8.77. The van der Waals surface area contributed by atoms with Gasteiger partial charge in [-0.1, -0.05) is 0 Å². The molecule has 3 heterocycles. The first-order chi connectivity index (χ1) is 16.4. The van der Waals surface area contributed by atoms with Crippen molar-refractivity contribution in [3.8, 4) is 5.75 Å². The molecule has 9 nitrogen and oxygen atoms in total. The average Bonchev–Trinajstić information content (AvgIpc) is 2.80. The Kier molecular flexibility index (Phi) is 7.46. The van der Waals surface area contributed by atoms with Crippen LogP contribution in [0.3, 0.4) is 0 Å². The molecule has 2 aliphatic rings. The predicted octanol–water partition coefficient (Wildman–Crippen LogP) is 3.59. The summed E-state index contributed by atoms with van der Waals surface area (Å²) in [6, 6.07) is 6.96. The predicted molar refractivity (Wildman–Crippen MR) is 125 cm³/mol. The molecular formula is C24H30FN5O4. The van der Waals surface area contributed by atoms with Crippen molar-refractivity contribution in [3.05, 3.63) is 48.0 Å². The highest BCUT2D eigenvalue weighted by Gasteiger charge is 2.30. The Hall–Kier alpha value is -3.40. The molecule has 0 aliphatic carbocycles. The van der Waals surface area contributed by atoms with Crippen LogP contribution in [0.1, 0.15) is 31.4 Å². The zero-order valence-corrected chi connectivity index (χ0v) is 19.2. The van der Waals surface area contributed by atoms with Gasteiger partial charge in [-0.3, -0.25) is 4.98 Å². The van der Waals surface area contributed by atoms with Gasteiger partial charge in [-0.2, -0.15) is 0 Å². The molecule has 3 N–H and O–H groups in total. The Morgan fingerprint density at radius 2 is 1.82 bits per heavy atom. The maximum atomic E-state index is 14.2. The average molecular weight is 472 g/mol. The first-order valence-electron chi connectivity index (χ1n) is 11.6. The van der Waals surface area contributed by atoms with Crippen molar-refractivity contribution in [2.24, 2.45) is 0 Å². The van der Waals surface area contributed by atoms with Crippen LogP contribution >= 0.6 is 0 Å². The minimum Gasteiger partial charge on any atom is -0.488 e. The van der Waals surface area contributed by atoms with E-state index in [1.165, 1.54) is 18.3 Å². The number of benzene rings is 1. The van der Waals surface area contributed by atoms with Crippen LogP contribution < -0.4 is 15.4 Å². The second kappa shape index (κ2) is 10.7. The number of urea groups is 2. The molecule has 0 saturated carbocycles. The summed E-state index contributed by atoms with van der Waals surface area (Å²) in [6.45, 7) is 3.97. The highest BCUT2D eigenvalue weighted by molar-refractivity contribution is 5.99. The number of aromatic nitrogens is 1. The van der Waals surface area contributed by atoms with Gasteiger partial charge in [0.1, 0.15) is 17.7 Å². The summed E-state index contributed by atoms with van der Waals surface area (Å²) in [6.07, 6.45) is 3.61. The Labute approximate surface area is 197 Å². The van der Waals surface area contributed by atoms with E-state index in [1.54, 1.807) is 28.0 Å². The first-order valence-corrected chi connectivity index (χ1v) is 11.6. The van der Waals surface area contributed by atoms with Gasteiger partial charge in [0, 0.05) is 43.1 Å². The van der Waals surface area contributed by atoms with E-state index in [2.05, 4.69) is 15.6 Å². The number of pyridine rings is 1. The molecule has 2 fully saturated rings. The van der Waals surface area contributed by atoms with Gasteiger partial charge >= 0.3 is 12.1 Å². The summed E-state index contributed by atoms with van der Waals surface area (Å²) in [4.78, 5) is 32.8. The lowest BCUT2D eigenvalue weighted by Gasteiger charge is -2.38. The third-order valence-corrected chi connectivity index (χ3v) is 5.98. The second-order valence-corrected chi connectivity index (χ2v) is 8.77. The van der Waals surface area contributed by atoms with E-state index in [4.69, 9.17) is 4.74 Å². The van der Waals surface area contributed by atoms with Gasteiger partial charge in [-0.15, -0.1) is 0 Å². The SMILES string of the molecule is Cc1ccc(NC(=O)Nc2cc(F)cc(OC3CCCN(C(=O)N4CCC(O)CC4)C3)c2)cn1. The van der Waals surface area contributed by atoms with Crippen LogP contribution in [-0.2, 0) is 0 Å². The highest BCUT2D eigenvalue weighted by atomic mass is 19.1. The topological polar surface area (TPSA) is 107 Å². The smallest absolute Gasteiger partial charge is 0.323 e. The Morgan fingerprint density at radius 1 is 1.06 bits per heavy atom. The largest absolute Gasteiger partial charge is 0.488 e. The van der Waals surface area contributed by atoms with Crippen LogP contribution in [-0.4, -0.2) is 70.3 Å². The molecule has 2 saturated heterocycles. The summed E-state index contributed by atoms with van der Waals surface area (Å²) < 4.78 is 20.2. The van der Waals surface area contributed by atoms with E-state index in [0.29, 0.717) is 44.7 Å². The number of piperidine rings is 2. The van der Waals surface area contributed by atoms with Gasteiger partial charge < -0.3 is 30.3 Å². The maximum Gasteiger partial charge on any atom is 0.323 e. The number of aryl methyl sites for hydroxylation is 1. The summed E-state index contributed by atoms with van der Waals surface area (Å²) in [5, 5.41) is 14.9. The lowest BCUT2D eigenvalue weighted by Crippen LogP contribution is -2.52. The fourth-order valence-electron chi connectivity index (χ4n) is 4.20. The summed E-state index contributed by atoms with van der Waals surface area (Å²) in [7, 11) is 0. The van der Waals surface area contributed by atoms with Crippen molar-refractivity contribution in [2.45, 2.75) is 44.8 Å². The number of aliphatic hydroxyl groups is 1. The molecule has 182 valence electrons. The van der Waals surface area contributed by atoms with E-state index in [-0.39, 0.29) is 29.7 Å². The minimum atomic E-state index is -0.541. The van der Waals surface area contributed by atoms with Gasteiger partial charge in [-0.05, 0) is 50.8 Å². The number of halogens is 1. The number of rotatable bonds is 4. The van der Waals surface area contributed by atoms with Gasteiger partial charge in [0.2, 0.25) is 0 Å². The molecule has 1 unspecified atom stereocenters. The number of carbonyl (C=O) groups excluding carboxylic acids is 2. The number of carbonyl (C=O) groups is 2. The third-order valence-electron chi connectivity index (χ3n) is 5.98. The monoisotopic (exact) mass is 471 g/mol. The number of likely N-dealkylation sites (tertiary alicyclic amines) is 2. The van der Waals surface area contributed by atoms with Gasteiger partial charge in [0.05, 0.1) is 24.5 Å². The molecule has 4 rings (SSSR count). The Morgan fingerprint density at radius 3 is 2.56 bits per heavy atom. The normalized spacial score (nSPS) is 19.0. The Balaban J connectivity index is 1.34. The molecule has 34 heavy (non-hydrogen) atoms. The fourth-order valence-corrected chi connectivity index (χ4v) is 4.20. The van der Waals surface area contributed by atoms with Crippen molar-refractivity contribution < 1.29 is 23.8 Å². The molecule has 4 amide bonds. The number of ether oxygens (including phenoxy) is 1. The van der Waals surface area contributed by atoms with Gasteiger partial charge in [0.25, 0.3) is 0 Å². The number of nitrogens with zero attached hydrogens (tertiary/aromatic N) is 3. The molecule has 0 spiro atoms. The number of nitrogens with one attached hydrogen (secondary N) is 2. The van der Waals surface area contributed by atoms with Crippen molar-refractivity contribution in [1.29, 1.82) is 0 Å². The van der Waals surface area contributed by atoms with E-state index < -0.39 is 11.8 Å². The van der Waals surface area contributed by atoms with Crippen LogP contribution in [0.4, 0.5) is 25.4 Å².